The van der Waals surface area contributed by atoms with Gasteiger partial charge < -0.3 is 5.11 Å². The summed E-state index contributed by atoms with van der Waals surface area (Å²) in [5, 5.41) is 12.8. The molecule has 0 aliphatic heterocycles. The van der Waals surface area contributed by atoms with Crippen LogP contribution in [0.3, 0.4) is 0 Å². The lowest BCUT2D eigenvalue weighted by Gasteiger charge is -2.01. The van der Waals surface area contributed by atoms with Gasteiger partial charge >= 0.3 is 5.97 Å². The lowest BCUT2D eigenvalue weighted by Crippen LogP contribution is -2.04. The van der Waals surface area contributed by atoms with Gasteiger partial charge in [0.1, 0.15) is 0 Å². The van der Waals surface area contributed by atoms with Crippen LogP contribution < -0.4 is 0 Å². The third kappa shape index (κ3) is 2.60. The molecule has 0 radical (unpaired) electrons. The Morgan fingerprint density at radius 3 is 2.50 bits per heavy atom. The third-order valence-electron chi connectivity index (χ3n) is 2.28. The average Bonchev–Trinajstić information content (AvgIpc) is 2.66. The van der Waals surface area contributed by atoms with Gasteiger partial charge in [0.2, 0.25) is 0 Å². The molecule has 18 heavy (non-hydrogen) atoms. The standard InChI is InChI=1S/C12H12N4O2/c1-8-5-9(2)16(15-8)12-13-6-10(7-14-12)3-4-11(17)18/h3-7H,1-2H3,(H,17,18)/b4-3+. The number of carboxylic acid groups (broad SMARTS) is 1. The Balaban J connectivity index is 2.27. The normalized spacial score (nSPS) is 11.0. The zero-order valence-electron chi connectivity index (χ0n) is 10.0. The molecule has 0 spiro atoms. The summed E-state index contributed by atoms with van der Waals surface area (Å²) in [6.45, 7) is 3.81. The van der Waals surface area contributed by atoms with E-state index in [0.29, 0.717) is 11.5 Å². The van der Waals surface area contributed by atoms with Gasteiger partial charge in [0.15, 0.2) is 0 Å². The molecule has 0 aliphatic carbocycles. The minimum atomic E-state index is -1.00. The molecule has 0 saturated heterocycles. The molecule has 6 nitrogen and oxygen atoms in total. The summed E-state index contributed by atoms with van der Waals surface area (Å²) >= 11 is 0. The van der Waals surface area contributed by atoms with Gasteiger partial charge in [0.25, 0.3) is 5.95 Å². The Hall–Kier alpha value is -2.50. The maximum absolute atomic E-state index is 10.4. The fourth-order valence-electron chi connectivity index (χ4n) is 1.53. The van der Waals surface area contributed by atoms with Gasteiger partial charge in [-0.2, -0.15) is 5.10 Å². The van der Waals surface area contributed by atoms with Crippen LogP contribution in [0.2, 0.25) is 0 Å². The Morgan fingerprint density at radius 1 is 1.33 bits per heavy atom. The van der Waals surface area contributed by atoms with Crippen LogP contribution >= 0.6 is 0 Å². The predicted octanol–water partition coefficient (Wildman–Crippen LogP) is 1.38. The molecule has 92 valence electrons. The molecule has 0 fully saturated rings. The van der Waals surface area contributed by atoms with E-state index in [1.54, 1.807) is 17.1 Å². The van der Waals surface area contributed by atoms with Crippen LogP contribution in [0.15, 0.2) is 24.5 Å². The molecule has 2 rings (SSSR count). The number of hydrogen-bond donors (Lipinski definition) is 1. The van der Waals surface area contributed by atoms with Crippen molar-refractivity contribution >= 4 is 12.0 Å². The van der Waals surface area contributed by atoms with Gasteiger partial charge in [-0.1, -0.05) is 0 Å². The van der Waals surface area contributed by atoms with Crippen LogP contribution in [0.5, 0.6) is 0 Å². The van der Waals surface area contributed by atoms with Gasteiger partial charge in [-0.05, 0) is 26.0 Å². The van der Waals surface area contributed by atoms with Crippen LogP contribution in [0.4, 0.5) is 0 Å². The first kappa shape index (κ1) is 12.0. The largest absolute Gasteiger partial charge is 0.478 e. The molecule has 2 heterocycles. The van der Waals surface area contributed by atoms with E-state index < -0.39 is 5.97 Å². The number of aliphatic carboxylic acids is 1. The van der Waals surface area contributed by atoms with Gasteiger partial charge in [-0.3, -0.25) is 0 Å². The van der Waals surface area contributed by atoms with Crippen molar-refractivity contribution in [1.82, 2.24) is 19.7 Å². The zero-order valence-corrected chi connectivity index (χ0v) is 10.0. The Morgan fingerprint density at radius 2 is 2.00 bits per heavy atom. The molecular formula is C12H12N4O2. The first-order valence-corrected chi connectivity index (χ1v) is 5.33. The maximum Gasteiger partial charge on any atom is 0.328 e. The second kappa shape index (κ2) is 4.79. The van der Waals surface area contributed by atoms with Crippen LogP contribution in [0, 0.1) is 13.8 Å². The molecule has 0 saturated carbocycles. The summed E-state index contributed by atoms with van der Waals surface area (Å²) in [6, 6.07) is 1.93. The van der Waals surface area contributed by atoms with Crippen molar-refractivity contribution in [3.63, 3.8) is 0 Å². The van der Waals surface area contributed by atoms with E-state index in [-0.39, 0.29) is 0 Å². The summed E-state index contributed by atoms with van der Waals surface area (Å²) < 4.78 is 1.64. The molecule has 0 aliphatic rings. The van der Waals surface area contributed by atoms with Crippen molar-refractivity contribution < 1.29 is 9.90 Å². The average molecular weight is 244 g/mol. The van der Waals surface area contributed by atoms with Crippen molar-refractivity contribution in [3.05, 3.63) is 41.5 Å². The monoisotopic (exact) mass is 244 g/mol. The number of aromatic nitrogens is 4. The molecule has 2 aromatic rings. The first-order chi connectivity index (χ1) is 8.56. The molecule has 1 N–H and O–H groups in total. The zero-order chi connectivity index (χ0) is 13.1. The lowest BCUT2D eigenvalue weighted by atomic mass is 10.3. The number of carboxylic acids is 1. The highest BCUT2D eigenvalue weighted by Gasteiger charge is 2.05. The van der Waals surface area contributed by atoms with Crippen molar-refractivity contribution in [3.8, 4) is 5.95 Å². The first-order valence-electron chi connectivity index (χ1n) is 5.33. The smallest absolute Gasteiger partial charge is 0.328 e. The molecule has 0 aromatic carbocycles. The topological polar surface area (TPSA) is 80.9 Å². The van der Waals surface area contributed by atoms with Crippen molar-refractivity contribution in [2.24, 2.45) is 0 Å². The van der Waals surface area contributed by atoms with Gasteiger partial charge in [0, 0.05) is 29.7 Å². The Labute approximate surface area is 104 Å². The second-order valence-corrected chi connectivity index (χ2v) is 3.83. The number of aryl methyl sites for hydroxylation is 2. The van der Waals surface area contributed by atoms with E-state index in [1.165, 1.54) is 6.08 Å². The quantitative estimate of drug-likeness (QED) is 0.825. The van der Waals surface area contributed by atoms with E-state index >= 15 is 0 Å². The van der Waals surface area contributed by atoms with Crippen molar-refractivity contribution in [2.75, 3.05) is 0 Å². The number of rotatable bonds is 3. The fraction of sp³-hybridized carbons (Fsp3) is 0.167. The van der Waals surface area contributed by atoms with Gasteiger partial charge in [0.05, 0.1) is 5.69 Å². The highest BCUT2D eigenvalue weighted by atomic mass is 16.4. The van der Waals surface area contributed by atoms with E-state index in [1.807, 2.05) is 19.9 Å². The summed E-state index contributed by atoms with van der Waals surface area (Å²) in [5.74, 6) is -0.536. The SMILES string of the molecule is Cc1cc(C)n(-c2ncc(/C=C/C(=O)O)cn2)n1. The number of nitrogens with zero attached hydrogens (tertiary/aromatic N) is 4. The van der Waals surface area contributed by atoms with E-state index in [9.17, 15) is 4.79 Å². The fourth-order valence-corrected chi connectivity index (χ4v) is 1.53. The second-order valence-electron chi connectivity index (χ2n) is 3.83. The van der Waals surface area contributed by atoms with E-state index in [4.69, 9.17) is 5.11 Å². The molecule has 6 heteroatoms. The number of hydrogen-bond acceptors (Lipinski definition) is 4. The summed E-state index contributed by atoms with van der Waals surface area (Å²) in [6.07, 6.45) is 5.59. The van der Waals surface area contributed by atoms with Crippen LogP contribution in [-0.4, -0.2) is 30.8 Å². The van der Waals surface area contributed by atoms with Gasteiger partial charge in [-0.15, -0.1) is 0 Å². The van der Waals surface area contributed by atoms with Crippen LogP contribution in [0.25, 0.3) is 12.0 Å². The Kier molecular flexibility index (Phi) is 3.18. The lowest BCUT2D eigenvalue weighted by molar-refractivity contribution is -0.131. The molecule has 0 atom stereocenters. The summed E-state index contributed by atoms with van der Waals surface area (Å²) in [5.41, 5.74) is 2.47. The molecule has 2 aromatic heterocycles. The number of carbonyl (C=O) groups is 1. The van der Waals surface area contributed by atoms with Crippen molar-refractivity contribution in [1.29, 1.82) is 0 Å². The predicted molar refractivity (Wildman–Crippen MR) is 65.3 cm³/mol. The Bertz CT molecular complexity index is 599. The maximum atomic E-state index is 10.4. The molecule has 0 bridgehead atoms. The highest BCUT2D eigenvalue weighted by molar-refractivity contribution is 5.85. The van der Waals surface area contributed by atoms with Gasteiger partial charge in [-0.25, -0.2) is 19.4 Å². The van der Waals surface area contributed by atoms with E-state index in [2.05, 4.69) is 15.1 Å². The highest BCUT2D eigenvalue weighted by Crippen LogP contribution is 2.08. The van der Waals surface area contributed by atoms with Crippen LogP contribution in [-0.2, 0) is 4.79 Å². The van der Waals surface area contributed by atoms with Crippen molar-refractivity contribution in [2.45, 2.75) is 13.8 Å². The third-order valence-corrected chi connectivity index (χ3v) is 2.28. The molecule has 0 amide bonds. The van der Waals surface area contributed by atoms with E-state index in [0.717, 1.165) is 17.5 Å². The molecular weight excluding hydrogens is 232 g/mol. The minimum Gasteiger partial charge on any atom is -0.478 e. The minimum absolute atomic E-state index is 0.466. The van der Waals surface area contributed by atoms with Crippen LogP contribution in [0.1, 0.15) is 17.0 Å². The summed E-state index contributed by atoms with van der Waals surface area (Å²) in [4.78, 5) is 18.7. The molecule has 0 unspecified atom stereocenters. The summed E-state index contributed by atoms with van der Waals surface area (Å²) in [7, 11) is 0.